The number of hydrogen-bond donors (Lipinski definition) is 1. The Balaban J connectivity index is 2.36. The highest BCUT2D eigenvalue weighted by Gasteiger charge is 2.29. The molecule has 0 atom stereocenters. The number of carbonyl (C=O) groups excluding carboxylic acids is 2. The van der Waals surface area contributed by atoms with Crippen LogP contribution >= 0.6 is 0 Å². The van der Waals surface area contributed by atoms with Crippen molar-refractivity contribution < 1.29 is 9.59 Å². The average molecular weight is 233 g/mol. The van der Waals surface area contributed by atoms with E-state index in [2.05, 4.69) is 0 Å². The first-order valence-electron chi connectivity index (χ1n) is 5.39. The summed E-state index contributed by atoms with van der Waals surface area (Å²) in [6.45, 7) is 2.09. The first-order chi connectivity index (χ1) is 7.99. The molecule has 0 aliphatic carbocycles. The second-order valence-corrected chi connectivity index (χ2v) is 4.28. The van der Waals surface area contributed by atoms with E-state index in [-0.39, 0.29) is 24.9 Å². The summed E-state index contributed by atoms with van der Waals surface area (Å²) in [6, 6.07) is 5.35. The van der Waals surface area contributed by atoms with E-state index in [4.69, 9.17) is 5.73 Å². The Kier molecular flexibility index (Phi) is 2.75. The molecule has 2 rings (SSSR count). The lowest BCUT2D eigenvalue weighted by molar-refractivity contribution is -0.136. The number of carbonyl (C=O) groups is 2. The molecule has 0 aromatic heterocycles. The quantitative estimate of drug-likeness (QED) is 0.713. The molecule has 5 nitrogen and oxygen atoms in total. The number of nitrogens with zero attached hydrogens (tertiary/aromatic N) is 2. The van der Waals surface area contributed by atoms with Gasteiger partial charge in [0.15, 0.2) is 0 Å². The average Bonchev–Trinajstić information content (AvgIpc) is 2.27. The third-order valence-corrected chi connectivity index (χ3v) is 2.92. The molecular weight excluding hydrogens is 218 g/mol. The number of amides is 2. The summed E-state index contributed by atoms with van der Waals surface area (Å²) in [5.41, 5.74) is 7.95. The fourth-order valence-electron chi connectivity index (χ4n) is 1.86. The number of nitrogen functional groups attached to an aromatic ring is 1. The molecule has 5 heteroatoms. The monoisotopic (exact) mass is 233 g/mol. The zero-order valence-electron chi connectivity index (χ0n) is 9.93. The Hall–Kier alpha value is -2.04. The number of hydrogen-bond acceptors (Lipinski definition) is 3. The molecule has 1 aliphatic heterocycles. The van der Waals surface area contributed by atoms with Crippen molar-refractivity contribution in [2.45, 2.75) is 6.92 Å². The highest BCUT2D eigenvalue weighted by atomic mass is 16.2. The molecule has 0 saturated carbocycles. The number of anilines is 2. The van der Waals surface area contributed by atoms with E-state index in [1.54, 1.807) is 19.2 Å². The molecule has 1 heterocycles. The van der Waals surface area contributed by atoms with Crippen LogP contribution in [-0.4, -0.2) is 36.9 Å². The topological polar surface area (TPSA) is 66.6 Å². The van der Waals surface area contributed by atoms with E-state index in [1.165, 1.54) is 9.80 Å². The number of piperazine rings is 1. The Labute approximate surface area is 99.8 Å². The van der Waals surface area contributed by atoms with Crippen LogP contribution < -0.4 is 10.6 Å². The predicted octanol–water partition coefficient (Wildman–Crippen LogP) is 0.382. The third-order valence-electron chi connectivity index (χ3n) is 2.92. The zero-order valence-corrected chi connectivity index (χ0v) is 9.93. The predicted molar refractivity (Wildman–Crippen MR) is 65.6 cm³/mol. The van der Waals surface area contributed by atoms with Gasteiger partial charge in [0.25, 0.3) is 0 Å². The van der Waals surface area contributed by atoms with Gasteiger partial charge in [-0.3, -0.25) is 9.59 Å². The molecule has 0 radical (unpaired) electrons. The summed E-state index contributed by atoms with van der Waals surface area (Å²) in [5.74, 6) is -0.146. The van der Waals surface area contributed by atoms with Crippen molar-refractivity contribution in [2.75, 3.05) is 30.8 Å². The van der Waals surface area contributed by atoms with Gasteiger partial charge in [0, 0.05) is 18.4 Å². The second kappa shape index (κ2) is 4.08. The van der Waals surface area contributed by atoms with Crippen molar-refractivity contribution in [3.8, 4) is 0 Å². The van der Waals surface area contributed by atoms with Crippen molar-refractivity contribution in [1.29, 1.82) is 0 Å². The van der Waals surface area contributed by atoms with Gasteiger partial charge in [-0.2, -0.15) is 0 Å². The fourth-order valence-corrected chi connectivity index (χ4v) is 1.86. The largest absolute Gasteiger partial charge is 0.399 e. The maximum Gasteiger partial charge on any atom is 0.247 e. The van der Waals surface area contributed by atoms with Crippen LogP contribution in [-0.2, 0) is 9.59 Å². The van der Waals surface area contributed by atoms with Crippen molar-refractivity contribution in [1.82, 2.24) is 4.90 Å². The van der Waals surface area contributed by atoms with Gasteiger partial charge in [0.2, 0.25) is 11.8 Å². The van der Waals surface area contributed by atoms with Crippen LogP contribution in [0.15, 0.2) is 18.2 Å². The van der Waals surface area contributed by atoms with Gasteiger partial charge in [-0.05, 0) is 24.6 Å². The lowest BCUT2D eigenvalue weighted by Crippen LogP contribution is -2.52. The van der Waals surface area contributed by atoms with Gasteiger partial charge in [0.1, 0.15) is 6.54 Å². The Bertz CT molecular complexity index is 485. The third kappa shape index (κ3) is 2.08. The number of benzene rings is 1. The zero-order chi connectivity index (χ0) is 12.6. The first kappa shape index (κ1) is 11.4. The van der Waals surface area contributed by atoms with E-state index < -0.39 is 0 Å². The van der Waals surface area contributed by atoms with Gasteiger partial charge < -0.3 is 15.5 Å². The Morgan fingerprint density at radius 3 is 2.59 bits per heavy atom. The maximum absolute atomic E-state index is 11.9. The molecule has 0 unspecified atom stereocenters. The minimum atomic E-state index is -0.0826. The molecule has 0 spiro atoms. The molecule has 1 aromatic rings. The summed E-state index contributed by atoms with van der Waals surface area (Å²) in [7, 11) is 1.63. The summed E-state index contributed by atoms with van der Waals surface area (Å²) >= 11 is 0. The normalized spacial score (nSPS) is 16.6. The van der Waals surface area contributed by atoms with E-state index in [0.717, 1.165) is 11.3 Å². The van der Waals surface area contributed by atoms with E-state index in [0.29, 0.717) is 5.69 Å². The molecule has 1 fully saturated rings. The van der Waals surface area contributed by atoms with Gasteiger partial charge in [-0.25, -0.2) is 0 Å². The lowest BCUT2D eigenvalue weighted by atomic mass is 10.1. The minimum absolute atomic E-state index is 0.0635. The number of rotatable bonds is 1. The van der Waals surface area contributed by atoms with E-state index in [1.807, 2.05) is 13.0 Å². The molecule has 1 saturated heterocycles. The van der Waals surface area contributed by atoms with Gasteiger partial charge >= 0.3 is 0 Å². The summed E-state index contributed by atoms with van der Waals surface area (Å²) in [5, 5.41) is 0. The molecule has 1 aliphatic rings. The summed E-state index contributed by atoms with van der Waals surface area (Å²) in [6.07, 6.45) is 0. The number of likely N-dealkylation sites (N-methyl/N-ethyl adjacent to an activating group) is 1. The lowest BCUT2D eigenvalue weighted by Gasteiger charge is -2.32. The number of aryl methyl sites for hydroxylation is 1. The molecule has 0 bridgehead atoms. The molecule has 1 aromatic carbocycles. The van der Waals surface area contributed by atoms with Gasteiger partial charge in [-0.15, -0.1) is 0 Å². The van der Waals surface area contributed by atoms with Gasteiger partial charge in [-0.1, -0.05) is 6.07 Å². The molecule has 2 N–H and O–H groups in total. The van der Waals surface area contributed by atoms with Crippen LogP contribution in [0.2, 0.25) is 0 Å². The number of nitrogens with two attached hydrogens (primary N) is 1. The summed E-state index contributed by atoms with van der Waals surface area (Å²) in [4.78, 5) is 26.5. The van der Waals surface area contributed by atoms with Crippen LogP contribution in [0.25, 0.3) is 0 Å². The van der Waals surface area contributed by atoms with Crippen LogP contribution in [0.5, 0.6) is 0 Å². The van der Waals surface area contributed by atoms with Crippen molar-refractivity contribution in [3.05, 3.63) is 23.8 Å². The standard InChI is InChI=1S/C12H15N3O2/c1-8-3-4-9(13)5-10(8)15-7-11(16)14(2)6-12(15)17/h3-5H,6-7,13H2,1-2H3. The molecule has 17 heavy (non-hydrogen) atoms. The van der Waals surface area contributed by atoms with Crippen LogP contribution in [0.4, 0.5) is 11.4 Å². The van der Waals surface area contributed by atoms with E-state index >= 15 is 0 Å². The SMILES string of the molecule is Cc1ccc(N)cc1N1CC(=O)N(C)CC1=O. The molecule has 2 amide bonds. The second-order valence-electron chi connectivity index (χ2n) is 4.28. The fraction of sp³-hybridized carbons (Fsp3) is 0.333. The van der Waals surface area contributed by atoms with Crippen LogP contribution in [0.3, 0.4) is 0 Å². The van der Waals surface area contributed by atoms with Crippen LogP contribution in [0, 0.1) is 6.92 Å². The summed E-state index contributed by atoms with van der Waals surface area (Å²) < 4.78 is 0. The highest BCUT2D eigenvalue weighted by Crippen LogP contribution is 2.24. The highest BCUT2D eigenvalue weighted by molar-refractivity contribution is 6.05. The Morgan fingerprint density at radius 1 is 1.18 bits per heavy atom. The smallest absolute Gasteiger partial charge is 0.247 e. The minimum Gasteiger partial charge on any atom is -0.399 e. The van der Waals surface area contributed by atoms with Crippen molar-refractivity contribution in [3.63, 3.8) is 0 Å². The Morgan fingerprint density at radius 2 is 1.88 bits per heavy atom. The maximum atomic E-state index is 11.9. The van der Waals surface area contributed by atoms with Gasteiger partial charge in [0.05, 0.1) is 6.54 Å². The van der Waals surface area contributed by atoms with Crippen molar-refractivity contribution in [2.24, 2.45) is 0 Å². The molecule has 90 valence electrons. The van der Waals surface area contributed by atoms with Crippen molar-refractivity contribution >= 4 is 23.2 Å². The molecular formula is C12H15N3O2. The van der Waals surface area contributed by atoms with E-state index in [9.17, 15) is 9.59 Å². The van der Waals surface area contributed by atoms with Crippen LogP contribution in [0.1, 0.15) is 5.56 Å². The first-order valence-corrected chi connectivity index (χ1v) is 5.39.